The highest BCUT2D eigenvalue weighted by Crippen LogP contribution is 2.17. The predicted molar refractivity (Wildman–Crippen MR) is 62.2 cm³/mol. The van der Waals surface area contributed by atoms with Gasteiger partial charge in [-0.05, 0) is 18.8 Å². The van der Waals surface area contributed by atoms with E-state index in [0.717, 1.165) is 25.7 Å². The molecule has 2 N–H and O–H groups in total. The lowest BCUT2D eigenvalue weighted by Crippen LogP contribution is -2.55. The molecule has 1 rings (SSSR count). The van der Waals surface area contributed by atoms with Crippen molar-refractivity contribution in [2.24, 2.45) is 5.92 Å². The van der Waals surface area contributed by atoms with E-state index in [9.17, 15) is 14.7 Å². The average Bonchev–Trinajstić information content (AvgIpc) is 2.26. The second-order valence-corrected chi connectivity index (χ2v) is 4.99. The fourth-order valence-corrected chi connectivity index (χ4v) is 2.11. The van der Waals surface area contributed by atoms with E-state index >= 15 is 0 Å². The number of aliphatic carboxylic acids is 1. The highest BCUT2D eigenvalue weighted by molar-refractivity contribution is 5.81. The number of carbonyl (C=O) groups excluding carboxylic acids is 2. The van der Waals surface area contributed by atoms with Crippen molar-refractivity contribution in [1.29, 1.82) is 0 Å². The summed E-state index contributed by atoms with van der Waals surface area (Å²) in [5.74, 6) is -1.42. The van der Waals surface area contributed by atoms with E-state index in [-0.39, 0.29) is 12.0 Å². The molecular weight excluding hydrogens is 220 g/mol. The third-order valence-corrected chi connectivity index (χ3v) is 3.15. The summed E-state index contributed by atoms with van der Waals surface area (Å²) in [6.45, 7) is 3.47. The molecule has 17 heavy (non-hydrogen) atoms. The number of rotatable bonds is 4. The first-order valence-electron chi connectivity index (χ1n) is 6.28. The number of hydrogen-bond donors (Lipinski definition) is 2. The number of urea groups is 1. The van der Waals surface area contributed by atoms with Crippen molar-refractivity contribution < 1.29 is 14.7 Å². The largest absolute Gasteiger partial charge is 0.548 e. The van der Waals surface area contributed by atoms with Crippen LogP contribution < -0.4 is 15.7 Å². The highest BCUT2D eigenvalue weighted by Gasteiger charge is 2.20. The number of amides is 2. The minimum absolute atomic E-state index is 0.179. The van der Waals surface area contributed by atoms with E-state index in [1.54, 1.807) is 13.8 Å². The van der Waals surface area contributed by atoms with Crippen LogP contribution in [-0.2, 0) is 4.79 Å². The minimum Gasteiger partial charge on any atom is -0.548 e. The lowest BCUT2D eigenvalue weighted by atomic mass is 9.96. The van der Waals surface area contributed by atoms with E-state index < -0.39 is 18.0 Å². The minimum atomic E-state index is -1.24. The number of carboxylic acids is 1. The second kappa shape index (κ2) is 6.47. The summed E-state index contributed by atoms with van der Waals surface area (Å²) in [6.07, 6.45) is 5.42. The molecular formula is C12H21N2O3-. The second-order valence-electron chi connectivity index (χ2n) is 4.99. The predicted octanol–water partition coefficient (Wildman–Crippen LogP) is 0.393. The third kappa shape index (κ3) is 4.63. The van der Waals surface area contributed by atoms with Crippen LogP contribution in [0.25, 0.3) is 0 Å². The van der Waals surface area contributed by atoms with E-state index in [1.807, 2.05) is 0 Å². The van der Waals surface area contributed by atoms with Crippen molar-refractivity contribution in [2.75, 3.05) is 0 Å². The van der Waals surface area contributed by atoms with Gasteiger partial charge in [-0.1, -0.05) is 33.1 Å². The summed E-state index contributed by atoms with van der Waals surface area (Å²) in [7, 11) is 0. The topological polar surface area (TPSA) is 81.3 Å². The van der Waals surface area contributed by atoms with E-state index in [2.05, 4.69) is 10.6 Å². The van der Waals surface area contributed by atoms with E-state index in [0.29, 0.717) is 0 Å². The zero-order valence-electron chi connectivity index (χ0n) is 10.5. The maximum Gasteiger partial charge on any atom is 0.315 e. The van der Waals surface area contributed by atoms with Gasteiger partial charge in [0.15, 0.2) is 0 Å². The fraction of sp³-hybridized carbons (Fsp3) is 0.833. The van der Waals surface area contributed by atoms with Crippen LogP contribution in [0.15, 0.2) is 0 Å². The van der Waals surface area contributed by atoms with Crippen molar-refractivity contribution in [3.8, 4) is 0 Å². The Morgan fingerprint density at radius 1 is 1.18 bits per heavy atom. The monoisotopic (exact) mass is 241 g/mol. The average molecular weight is 241 g/mol. The summed E-state index contributed by atoms with van der Waals surface area (Å²) in [6, 6.07) is -1.16. The molecule has 0 aromatic heterocycles. The van der Waals surface area contributed by atoms with Crippen LogP contribution in [0.3, 0.4) is 0 Å². The molecule has 5 nitrogen and oxygen atoms in total. The third-order valence-electron chi connectivity index (χ3n) is 3.15. The van der Waals surface area contributed by atoms with Crippen molar-refractivity contribution in [3.05, 3.63) is 0 Å². The summed E-state index contributed by atoms with van der Waals surface area (Å²) in [4.78, 5) is 22.4. The molecule has 1 fully saturated rings. The van der Waals surface area contributed by atoms with Crippen LogP contribution in [0.2, 0.25) is 0 Å². The molecule has 0 bridgehead atoms. The number of hydrogen-bond acceptors (Lipinski definition) is 3. The Labute approximate surface area is 102 Å². The highest BCUT2D eigenvalue weighted by atomic mass is 16.4. The van der Waals surface area contributed by atoms with Crippen LogP contribution in [0.1, 0.15) is 46.0 Å². The van der Waals surface area contributed by atoms with Gasteiger partial charge in [0, 0.05) is 6.04 Å². The van der Waals surface area contributed by atoms with Gasteiger partial charge < -0.3 is 20.5 Å². The maximum absolute atomic E-state index is 11.6. The Hall–Kier alpha value is -1.26. The summed E-state index contributed by atoms with van der Waals surface area (Å²) in [5.41, 5.74) is 0. The van der Waals surface area contributed by atoms with Crippen molar-refractivity contribution in [1.82, 2.24) is 10.6 Å². The van der Waals surface area contributed by atoms with Crippen LogP contribution in [0.5, 0.6) is 0 Å². The molecule has 0 saturated heterocycles. The molecule has 1 aliphatic carbocycles. The zero-order chi connectivity index (χ0) is 12.8. The summed E-state index contributed by atoms with van der Waals surface area (Å²) < 4.78 is 0. The molecule has 0 aliphatic heterocycles. The van der Waals surface area contributed by atoms with Crippen molar-refractivity contribution in [2.45, 2.75) is 58.0 Å². The lowest BCUT2D eigenvalue weighted by Gasteiger charge is -2.27. The van der Waals surface area contributed by atoms with Gasteiger partial charge in [-0.15, -0.1) is 0 Å². The SMILES string of the molecule is CC(C)[C@@H](NC(=O)NC1CCCCC1)C(=O)[O-]. The Balaban J connectivity index is 2.38. The molecule has 1 aliphatic rings. The first kappa shape index (κ1) is 13.8. The van der Waals surface area contributed by atoms with Crippen LogP contribution in [0, 0.1) is 5.92 Å². The molecule has 1 saturated carbocycles. The van der Waals surface area contributed by atoms with Crippen LogP contribution in [0.4, 0.5) is 4.79 Å². The van der Waals surface area contributed by atoms with Crippen LogP contribution in [-0.4, -0.2) is 24.1 Å². The Kier molecular flexibility index (Phi) is 5.25. The first-order chi connectivity index (χ1) is 8.00. The molecule has 0 radical (unpaired) electrons. The fourth-order valence-electron chi connectivity index (χ4n) is 2.11. The van der Waals surface area contributed by atoms with E-state index in [4.69, 9.17) is 0 Å². The Morgan fingerprint density at radius 3 is 2.24 bits per heavy atom. The quantitative estimate of drug-likeness (QED) is 0.747. The Bertz CT molecular complexity index is 273. The molecule has 1 atom stereocenters. The lowest BCUT2D eigenvalue weighted by molar-refractivity contribution is -0.309. The van der Waals surface area contributed by atoms with E-state index in [1.165, 1.54) is 6.42 Å². The molecule has 0 aromatic rings. The summed E-state index contributed by atoms with van der Waals surface area (Å²) >= 11 is 0. The van der Waals surface area contributed by atoms with Gasteiger partial charge in [-0.25, -0.2) is 4.79 Å². The molecule has 0 heterocycles. The van der Waals surface area contributed by atoms with Gasteiger partial charge in [0.25, 0.3) is 0 Å². The molecule has 0 unspecified atom stereocenters. The van der Waals surface area contributed by atoms with Gasteiger partial charge in [0.2, 0.25) is 0 Å². The van der Waals surface area contributed by atoms with Gasteiger partial charge in [-0.2, -0.15) is 0 Å². The standard InChI is InChI=1S/C12H22N2O3/c1-8(2)10(11(15)16)14-12(17)13-9-6-4-3-5-7-9/h8-10H,3-7H2,1-2H3,(H,15,16)(H2,13,14,17)/p-1/t10-/m1/s1. The number of carboxylic acid groups (broad SMARTS) is 1. The Morgan fingerprint density at radius 2 is 1.76 bits per heavy atom. The summed E-state index contributed by atoms with van der Waals surface area (Å²) in [5, 5.41) is 16.1. The number of nitrogens with one attached hydrogen (secondary N) is 2. The molecule has 2 amide bonds. The van der Waals surface area contributed by atoms with Gasteiger partial charge in [0.1, 0.15) is 0 Å². The molecule has 0 spiro atoms. The first-order valence-corrected chi connectivity index (χ1v) is 6.28. The van der Waals surface area contributed by atoms with Crippen molar-refractivity contribution >= 4 is 12.0 Å². The normalized spacial score (nSPS) is 18.8. The van der Waals surface area contributed by atoms with Crippen molar-refractivity contribution in [3.63, 3.8) is 0 Å². The molecule has 0 aromatic carbocycles. The van der Waals surface area contributed by atoms with Gasteiger partial charge >= 0.3 is 6.03 Å². The van der Waals surface area contributed by atoms with Gasteiger partial charge in [-0.3, -0.25) is 0 Å². The molecule has 5 heteroatoms. The van der Waals surface area contributed by atoms with Gasteiger partial charge in [0.05, 0.1) is 12.0 Å². The zero-order valence-corrected chi connectivity index (χ0v) is 10.5. The smallest absolute Gasteiger partial charge is 0.315 e. The number of carbonyl (C=O) groups is 2. The maximum atomic E-state index is 11.6. The molecule has 98 valence electrons. The van der Waals surface area contributed by atoms with Crippen LogP contribution >= 0.6 is 0 Å².